The van der Waals surface area contributed by atoms with Crippen LogP contribution in [-0.4, -0.2) is 9.19 Å². The number of aromatic nitrogens is 1. The second kappa shape index (κ2) is 7.82. The highest BCUT2D eigenvalue weighted by Gasteiger charge is 2.12. The normalized spacial score (nSPS) is 10.9. The Kier molecular flexibility index (Phi) is 6.42. The van der Waals surface area contributed by atoms with Crippen molar-refractivity contribution in [2.24, 2.45) is 0 Å². The van der Waals surface area contributed by atoms with E-state index in [0.29, 0.717) is 9.37 Å². The Balaban J connectivity index is 0.000000956. The molecule has 0 fully saturated rings. The van der Waals surface area contributed by atoms with Crippen molar-refractivity contribution in [1.29, 1.82) is 5.26 Å². The van der Waals surface area contributed by atoms with Crippen LogP contribution in [0.25, 0.3) is 0 Å². The fourth-order valence-corrected chi connectivity index (χ4v) is 2.87. The number of rotatable bonds is 3. The van der Waals surface area contributed by atoms with E-state index in [1.165, 1.54) is 12.1 Å². The van der Waals surface area contributed by atoms with E-state index >= 15 is 0 Å². The van der Waals surface area contributed by atoms with Crippen LogP contribution in [0.2, 0.25) is 0 Å². The highest BCUT2D eigenvalue weighted by Crippen LogP contribution is 2.22. The van der Waals surface area contributed by atoms with Gasteiger partial charge in [0.05, 0.1) is 26.7 Å². The third-order valence-corrected chi connectivity index (χ3v) is 4.22. The summed E-state index contributed by atoms with van der Waals surface area (Å²) < 4.78 is 28.7. The summed E-state index contributed by atoms with van der Waals surface area (Å²) in [5.41, 5.74) is 0.298. The summed E-state index contributed by atoms with van der Waals surface area (Å²) in [4.78, 5) is 3.27. The Morgan fingerprint density at radius 2 is 2.10 bits per heavy atom. The van der Waals surface area contributed by atoms with Crippen molar-refractivity contribution in [2.75, 3.05) is 4.72 Å². The summed E-state index contributed by atoms with van der Waals surface area (Å²) in [6.07, 6.45) is 3.18. The maximum absolute atomic E-state index is 13.6. The lowest BCUT2D eigenvalue weighted by molar-refractivity contribution is 0.631. The molecule has 2 rings (SSSR count). The van der Waals surface area contributed by atoms with E-state index in [9.17, 15) is 8.60 Å². The monoisotopic (exact) mass is 357 g/mol. The minimum Gasteiger partial charge on any atom is -0.365 e. The molecule has 1 aromatic heterocycles. The zero-order valence-corrected chi connectivity index (χ0v) is 13.3. The zero-order chi connectivity index (χ0) is 15.1. The first-order valence-electron chi connectivity index (χ1n) is 5.82. The predicted octanol–water partition coefficient (Wildman–Crippen LogP) is 3.95. The number of benzene rings is 1. The first kappa shape index (κ1) is 16.4. The molecule has 2 N–H and O–H groups in total. The second-order valence-electron chi connectivity index (χ2n) is 3.34. The molecule has 0 aliphatic carbocycles. The molecule has 20 heavy (non-hydrogen) atoms. The molecule has 0 radical (unpaired) electrons. The van der Waals surface area contributed by atoms with Gasteiger partial charge in [-0.2, -0.15) is 5.26 Å². The van der Waals surface area contributed by atoms with E-state index in [1.807, 2.05) is 19.9 Å². The first-order valence-corrected chi connectivity index (χ1v) is 7.76. The summed E-state index contributed by atoms with van der Waals surface area (Å²) in [6.45, 7) is 4.00. The molecular weight excluding hydrogens is 345 g/mol. The number of hydrogen-bond acceptors (Lipinski definition) is 2. The number of nitriles is 1. The van der Waals surface area contributed by atoms with Gasteiger partial charge in [-0.1, -0.05) is 13.8 Å². The van der Waals surface area contributed by atoms with Crippen LogP contribution in [0.3, 0.4) is 0 Å². The van der Waals surface area contributed by atoms with Gasteiger partial charge in [0.25, 0.3) is 0 Å². The SMILES string of the molecule is CC.N#Cc1ccc(NS(=O)c2c[nH]cc2Br)c(F)c1. The first-order chi connectivity index (χ1) is 9.61. The molecule has 0 aliphatic rings. The minimum atomic E-state index is -1.58. The third kappa shape index (κ3) is 3.92. The lowest BCUT2D eigenvalue weighted by Crippen LogP contribution is -2.06. The third-order valence-electron chi connectivity index (χ3n) is 2.16. The van der Waals surface area contributed by atoms with Gasteiger partial charge in [0.1, 0.15) is 5.82 Å². The topological polar surface area (TPSA) is 68.7 Å². The molecular formula is C13H13BrFN3OS. The molecule has 0 spiro atoms. The molecule has 1 aromatic carbocycles. The molecule has 1 atom stereocenters. The number of nitrogens with one attached hydrogen (secondary N) is 2. The van der Waals surface area contributed by atoms with Gasteiger partial charge in [-0.3, -0.25) is 4.72 Å². The minimum absolute atomic E-state index is 0.0837. The molecule has 1 heterocycles. The van der Waals surface area contributed by atoms with Crippen molar-refractivity contribution in [3.05, 3.63) is 46.4 Å². The van der Waals surface area contributed by atoms with E-state index in [2.05, 4.69) is 25.6 Å². The molecule has 2 aromatic rings. The summed E-state index contributed by atoms with van der Waals surface area (Å²) in [7, 11) is -1.58. The number of anilines is 1. The van der Waals surface area contributed by atoms with Gasteiger partial charge < -0.3 is 4.98 Å². The summed E-state index contributed by atoms with van der Waals surface area (Å²) in [5, 5.41) is 8.61. The second-order valence-corrected chi connectivity index (χ2v) is 5.38. The van der Waals surface area contributed by atoms with Crippen LogP contribution in [0.15, 0.2) is 40.0 Å². The molecule has 4 nitrogen and oxygen atoms in total. The average Bonchev–Trinajstić information content (AvgIpc) is 2.89. The fraction of sp³-hybridized carbons (Fsp3) is 0.154. The van der Waals surface area contributed by atoms with E-state index in [4.69, 9.17) is 5.26 Å². The van der Waals surface area contributed by atoms with Crippen molar-refractivity contribution in [3.63, 3.8) is 0 Å². The van der Waals surface area contributed by atoms with Crippen molar-refractivity contribution < 1.29 is 8.60 Å². The lowest BCUT2D eigenvalue weighted by Gasteiger charge is -2.06. The van der Waals surface area contributed by atoms with Gasteiger partial charge in [0.15, 0.2) is 11.0 Å². The van der Waals surface area contributed by atoms with Gasteiger partial charge in [-0.15, -0.1) is 0 Å². The molecule has 106 valence electrons. The Hall–Kier alpha value is -1.65. The lowest BCUT2D eigenvalue weighted by atomic mass is 10.2. The maximum Gasteiger partial charge on any atom is 0.153 e. The summed E-state index contributed by atoms with van der Waals surface area (Å²) >= 11 is 3.22. The van der Waals surface area contributed by atoms with Gasteiger partial charge >= 0.3 is 0 Å². The van der Waals surface area contributed by atoms with Crippen molar-refractivity contribution >= 4 is 32.6 Å². The number of halogens is 2. The standard InChI is InChI=1S/C11H7BrFN3OS.C2H6/c12-8-5-15-6-11(8)18(17)16-10-2-1-7(4-14)3-9(10)13;1-2/h1-3,5-6,15-16H;1-2H3. The quantitative estimate of drug-likeness (QED) is 0.872. The average molecular weight is 358 g/mol. The van der Waals surface area contributed by atoms with Crippen molar-refractivity contribution in [1.82, 2.24) is 4.98 Å². The zero-order valence-electron chi connectivity index (χ0n) is 10.9. The van der Waals surface area contributed by atoms with Crippen LogP contribution in [-0.2, 0) is 11.0 Å². The van der Waals surface area contributed by atoms with Gasteiger partial charge in [-0.05, 0) is 34.1 Å². The predicted molar refractivity (Wildman–Crippen MR) is 81.0 cm³/mol. The van der Waals surface area contributed by atoms with Crippen LogP contribution < -0.4 is 4.72 Å². The summed E-state index contributed by atoms with van der Waals surface area (Å²) in [6, 6.07) is 5.75. The Bertz CT molecular complexity index is 651. The highest BCUT2D eigenvalue weighted by molar-refractivity contribution is 9.10. The summed E-state index contributed by atoms with van der Waals surface area (Å²) in [5.74, 6) is -0.617. The number of nitrogens with zero attached hydrogens (tertiary/aromatic N) is 1. The van der Waals surface area contributed by atoms with Crippen LogP contribution >= 0.6 is 15.9 Å². The number of H-pyrrole nitrogens is 1. The Morgan fingerprint density at radius 1 is 1.40 bits per heavy atom. The smallest absolute Gasteiger partial charge is 0.153 e. The number of aromatic amines is 1. The van der Waals surface area contributed by atoms with Gasteiger partial charge in [-0.25, -0.2) is 8.60 Å². The van der Waals surface area contributed by atoms with Crippen LogP contribution in [0.4, 0.5) is 10.1 Å². The van der Waals surface area contributed by atoms with Crippen LogP contribution in [0, 0.1) is 17.1 Å². The molecule has 0 saturated carbocycles. The van der Waals surface area contributed by atoms with Gasteiger partial charge in [0.2, 0.25) is 0 Å². The molecule has 1 unspecified atom stereocenters. The van der Waals surface area contributed by atoms with E-state index in [-0.39, 0.29) is 11.3 Å². The molecule has 0 bridgehead atoms. The van der Waals surface area contributed by atoms with Crippen molar-refractivity contribution in [2.45, 2.75) is 18.7 Å². The Morgan fingerprint density at radius 3 is 2.60 bits per heavy atom. The van der Waals surface area contributed by atoms with Gasteiger partial charge in [0, 0.05) is 12.4 Å². The molecule has 0 aliphatic heterocycles. The van der Waals surface area contributed by atoms with E-state index < -0.39 is 16.8 Å². The molecule has 0 saturated heterocycles. The van der Waals surface area contributed by atoms with E-state index in [1.54, 1.807) is 12.4 Å². The molecule has 0 amide bonds. The molecule has 7 heteroatoms. The largest absolute Gasteiger partial charge is 0.365 e. The van der Waals surface area contributed by atoms with E-state index in [0.717, 1.165) is 6.07 Å². The Labute approximate surface area is 127 Å². The number of hydrogen-bond donors (Lipinski definition) is 2. The van der Waals surface area contributed by atoms with Crippen LogP contribution in [0.5, 0.6) is 0 Å². The maximum atomic E-state index is 13.6. The van der Waals surface area contributed by atoms with Crippen molar-refractivity contribution in [3.8, 4) is 6.07 Å². The van der Waals surface area contributed by atoms with Crippen LogP contribution in [0.1, 0.15) is 19.4 Å². The highest BCUT2D eigenvalue weighted by atomic mass is 79.9. The fourth-order valence-electron chi connectivity index (χ4n) is 1.29.